The molecule has 0 radical (unpaired) electrons. The number of thiocarbonyl (C=S) groups is 1. The first kappa shape index (κ1) is 12.9. The predicted octanol–water partition coefficient (Wildman–Crippen LogP) is 2.61. The number of para-hydroxylation sites is 1. The highest BCUT2D eigenvalue weighted by Crippen LogP contribution is 2.23. The normalized spacial score (nSPS) is 10.3. The summed E-state index contributed by atoms with van der Waals surface area (Å²) in [5.74, 6) is -0.236. The molecule has 4 nitrogen and oxygen atoms in total. The van der Waals surface area contributed by atoms with Crippen LogP contribution in [-0.4, -0.2) is 15.9 Å². The molecule has 0 unspecified atom stereocenters. The largest absolute Gasteiger partial charge is 0.393 e. The molecular weight excluding hydrogens is 314 g/mol. The molecule has 0 bridgehead atoms. The number of hydrogen-bond donors (Lipinski definition) is 2. The minimum Gasteiger partial charge on any atom is -0.393 e. The van der Waals surface area contributed by atoms with Crippen LogP contribution in [0, 0.1) is 0 Å². The monoisotopic (exact) mass is 323 g/mol. The number of carbonyl (C=O) groups is 1. The zero-order chi connectivity index (χ0) is 13.1. The molecule has 0 aliphatic carbocycles. The van der Waals surface area contributed by atoms with Crippen LogP contribution in [0.1, 0.15) is 6.42 Å². The third-order valence-corrected chi connectivity index (χ3v) is 2.86. The molecule has 0 aliphatic heterocycles. The van der Waals surface area contributed by atoms with Gasteiger partial charge in [0.25, 0.3) is 0 Å². The van der Waals surface area contributed by atoms with Crippen molar-refractivity contribution >= 4 is 55.6 Å². The highest BCUT2D eigenvalue weighted by molar-refractivity contribution is 9.10. The smallest absolute Gasteiger partial charge is 0.231 e. The van der Waals surface area contributed by atoms with E-state index >= 15 is 0 Å². The molecule has 0 saturated carbocycles. The van der Waals surface area contributed by atoms with Crippen LogP contribution < -0.4 is 11.1 Å². The number of rotatable bonds is 3. The van der Waals surface area contributed by atoms with Crippen molar-refractivity contribution in [2.75, 3.05) is 5.32 Å². The summed E-state index contributed by atoms with van der Waals surface area (Å²) in [4.78, 5) is 16.1. The number of amides is 1. The second-order valence-electron chi connectivity index (χ2n) is 3.72. The molecule has 18 heavy (non-hydrogen) atoms. The second-order valence-corrected chi connectivity index (χ2v) is 5.16. The minimum absolute atomic E-state index is 0.0300. The molecule has 1 aromatic heterocycles. The number of nitrogens with one attached hydrogen (secondary N) is 1. The molecule has 2 rings (SSSR count). The highest BCUT2D eigenvalue weighted by atomic mass is 79.9. The van der Waals surface area contributed by atoms with Crippen molar-refractivity contribution in [1.82, 2.24) is 4.98 Å². The fourth-order valence-electron chi connectivity index (χ4n) is 1.59. The van der Waals surface area contributed by atoms with E-state index in [-0.39, 0.29) is 17.3 Å². The first-order valence-electron chi connectivity index (χ1n) is 5.18. The number of nitrogens with two attached hydrogens (primary N) is 1. The van der Waals surface area contributed by atoms with Crippen molar-refractivity contribution in [1.29, 1.82) is 0 Å². The van der Waals surface area contributed by atoms with Gasteiger partial charge in [0.2, 0.25) is 5.91 Å². The average molecular weight is 324 g/mol. The number of nitrogens with zero attached hydrogens (tertiary/aromatic N) is 1. The summed E-state index contributed by atoms with van der Waals surface area (Å²) >= 11 is 8.05. The first-order valence-corrected chi connectivity index (χ1v) is 6.39. The van der Waals surface area contributed by atoms with Gasteiger partial charge in [-0.3, -0.25) is 9.78 Å². The first-order chi connectivity index (χ1) is 8.56. The van der Waals surface area contributed by atoms with Crippen molar-refractivity contribution < 1.29 is 4.79 Å². The number of aromatic nitrogens is 1. The van der Waals surface area contributed by atoms with Crippen LogP contribution in [0.2, 0.25) is 0 Å². The van der Waals surface area contributed by atoms with Crippen LogP contribution in [0.4, 0.5) is 5.69 Å². The Kier molecular flexibility index (Phi) is 3.88. The maximum Gasteiger partial charge on any atom is 0.231 e. The Morgan fingerprint density at radius 1 is 1.50 bits per heavy atom. The van der Waals surface area contributed by atoms with E-state index in [9.17, 15) is 4.79 Å². The summed E-state index contributed by atoms with van der Waals surface area (Å²) in [5.41, 5.74) is 6.72. The Morgan fingerprint density at radius 3 is 3.00 bits per heavy atom. The van der Waals surface area contributed by atoms with Gasteiger partial charge in [-0.15, -0.1) is 0 Å². The zero-order valence-electron chi connectivity index (χ0n) is 9.31. The fourth-order valence-corrected chi connectivity index (χ4v) is 2.07. The van der Waals surface area contributed by atoms with E-state index in [1.165, 1.54) is 0 Å². The molecule has 2 aromatic rings. The zero-order valence-corrected chi connectivity index (χ0v) is 11.7. The van der Waals surface area contributed by atoms with E-state index < -0.39 is 0 Å². The third-order valence-electron chi connectivity index (χ3n) is 2.29. The summed E-state index contributed by atoms with van der Waals surface area (Å²) in [6, 6.07) is 7.51. The molecule has 92 valence electrons. The number of hydrogen-bond acceptors (Lipinski definition) is 3. The molecule has 1 amide bonds. The van der Waals surface area contributed by atoms with E-state index in [0.717, 1.165) is 15.4 Å². The maximum atomic E-state index is 11.6. The molecule has 3 N–H and O–H groups in total. The van der Waals surface area contributed by atoms with E-state index in [4.69, 9.17) is 18.0 Å². The second kappa shape index (κ2) is 5.41. The molecule has 6 heteroatoms. The van der Waals surface area contributed by atoms with Crippen molar-refractivity contribution in [3.05, 3.63) is 34.9 Å². The van der Waals surface area contributed by atoms with Gasteiger partial charge < -0.3 is 11.1 Å². The average Bonchev–Trinajstić information content (AvgIpc) is 2.27. The molecule has 0 atom stereocenters. The van der Waals surface area contributed by atoms with Gasteiger partial charge in [-0.1, -0.05) is 24.4 Å². The SMILES string of the molecule is NC(=S)CC(=O)Nc1cccc2cc(Br)cnc12. The summed E-state index contributed by atoms with van der Waals surface area (Å²) in [7, 11) is 0. The lowest BCUT2D eigenvalue weighted by atomic mass is 10.2. The van der Waals surface area contributed by atoms with E-state index in [1.807, 2.05) is 18.2 Å². The van der Waals surface area contributed by atoms with Crippen LogP contribution in [0.3, 0.4) is 0 Å². The lowest BCUT2D eigenvalue weighted by molar-refractivity contribution is -0.115. The molecule has 0 fully saturated rings. The summed E-state index contributed by atoms with van der Waals surface area (Å²) in [6.45, 7) is 0. The van der Waals surface area contributed by atoms with Gasteiger partial charge in [-0.2, -0.15) is 0 Å². The number of benzene rings is 1. The van der Waals surface area contributed by atoms with Gasteiger partial charge in [-0.05, 0) is 28.1 Å². The summed E-state index contributed by atoms with van der Waals surface area (Å²) < 4.78 is 0.890. The number of anilines is 1. The highest BCUT2D eigenvalue weighted by Gasteiger charge is 2.07. The van der Waals surface area contributed by atoms with Crippen LogP contribution in [0.5, 0.6) is 0 Å². The van der Waals surface area contributed by atoms with Crippen molar-refractivity contribution in [2.24, 2.45) is 5.73 Å². The number of halogens is 1. The molecule has 1 aromatic carbocycles. The molecule has 0 spiro atoms. The summed E-state index contributed by atoms with van der Waals surface area (Å²) in [6.07, 6.45) is 1.72. The molecule has 1 heterocycles. The Labute approximate surface area is 118 Å². The predicted molar refractivity (Wildman–Crippen MR) is 79.5 cm³/mol. The van der Waals surface area contributed by atoms with Gasteiger partial charge >= 0.3 is 0 Å². The maximum absolute atomic E-state index is 11.6. The van der Waals surface area contributed by atoms with E-state index in [2.05, 4.69) is 26.2 Å². The molecule has 0 aliphatic rings. The van der Waals surface area contributed by atoms with Crippen LogP contribution >= 0.6 is 28.1 Å². The van der Waals surface area contributed by atoms with Crippen LogP contribution in [-0.2, 0) is 4.79 Å². The van der Waals surface area contributed by atoms with Crippen molar-refractivity contribution in [3.8, 4) is 0 Å². The Morgan fingerprint density at radius 2 is 2.28 bits per heavy atom. The quantitative estimate of drug-likeness (QED) is 0.852. The van der Waals surface area contributed by atoms with E-state index in [0.29, 0.717) is 5.69 Å². The molecule has 0 saturated heterocycles. The third kappa shape index (κ3) is 3.02. The van der Waals surface area contributed by atoms with Gasteiger partial charge in [0.15, 0.2) is 0 Å². The standard InChI is InChI=1S/C12H10BrN3OS/c13-8-4-7-2-1-3-9(12(7)15-6-8)16-11(17)5-10(14)18/h1-4,6H,5H2,(H2,14,18)(H,16,17). The fraction of sp³-hybridized carbons (Fsp3) is 0.0833. The van der Waals surface area contributed by atoms with E-state index in [1.54, 1.807) is 12.3 Å². The van der Waals surface area contributed by atoms with Gasteiger partial charge in [0.05, 0.1) is 22.6 Å². The van der Waals surface area contributed by atoms with Crippen molar-refractivity contribution in [2.45, 2.75) is 6.42 Å². The Balaban J connectivity index is 2.34. The van der Waals surface area contributed by atoms with Gasteiger partial charge in [0.1, 0.15) is 0 Å². The van der Waals surface area contributed by atoms with Crippen LogP contribution in [0.15, 0.2) is 34.9 Å². The van der Waals surface area contributed by atoms with Crippen molar-refractivity contribution in [3.63, 3.8) is 0 Å². The summed E-state index contributed by atoms with van der Waals surface area (Å²) in [5, 5.41) is 3.69. The number of fused-ring (bicyclic) bond motifs is 1. The van der Waals surface area contributed by atoms with Crippen LogP contribution in [0.25, 0.3) is 10.9 Å². The number of carbonyl (C=O) groups excluding carboxylic acids is 1. The topological polar surface area (TPSA) is 68.0 Å². The Hall–Kier alpha value is -1.53. The molecular formula is C12H10BrN3OS. The minimum atomic E-state index is -0.236. The lowest BCUT2D eigenvalue weighted by Crippen LogP contribution is -2.20. The van der Waals surface area contributed by atoms with Gasteiger partial charge in [0, 0.05) is 16.1 Å². The Bertz CT molecular complexity index is 630. The van der Waals surface area contributed by atoms with Gasteiger partial charge in [-0.25, -0.2) is 0 Å². The lowest BCUT2D eigenvalue weighted by Gasteiger charge is -2.07. The number of pyridine rings is 1.